The molecule has 0 aromatic rings. The van der Waals surface area contributed by atoms with Crippen LogP contribution in [0.4, 0.5) is 0 Å². The van der Waals surface area contributed by atoms with Gasteiger partial charge in [0.2, 0.25) is 0 Å². The zero-order chi connectivity index (χ0) is 76.8. The van der Waals surface area contributed by atoms with Crippen molar-refractivity contribution >= 4 is 49.7 Å². The van der Waals surface area contributed by atoms with E-state index in [-0.39, 0.29) is 50.6 Å². The molecule has 0 amide bonds. The fourth-order valence-electron chi connectivity index (χ4n) is 16.6. The van der Waals surface area contributed by atoms with E-state index in [4.69, 9.17) is 0 Å². The molecule has 0 N–H and O–H groups in total. The summed E-state index contributed by atoms with van der Waals surface area (Å²) < 4.78 is 0. The third-order valence-corrected chi connectivity index (χ3v) is 24.0. The Balaban J connectivity index is -0.00000200. The predicted octanol–water partition coefficient (Wildman–Crippen LogP) is 32.1. The van der Waals surface area contributed by atoms with Crippen LogP contribution in [0.3, 0.4) is 0 Å². The molecular formula is C100H200CaN2O4. The molecule has 107 heavy (non-hydrogen) atoms. The fraction of sp³-hybridized carbons (Fsp3) is 0.980. The zero-order valence-corrected chi connectivity index (χ0v) is 76.9. The minimum absolute atomic E-state index is 0. The zero-order valence-electron chi connectivity index (χ0n) is 74.7. The number of carboxylic acid groups (broad SMARTS) is 2. The molecule has 0 unspecified atom stereocenters. The molecule has 0 aliphatic rings. The Morgan fingerprint density at radius 1 is 0.150 bits per heavy atom. The minimum Gasteiger partial charge on any atom is -0.550 e. The quantitative estimate of drug-likeness (QED) is 0.0445. The monoisotopic (exact) mass is 1530 g/mol. The first kappa shape index (κ1) is 111. The molecule has 0 atom stereocenters. The van der Waals surface area contributed by atoms with E-state index >= 15 is 0 Å². The van der Waals surface area contributed by atoms with Gasteiger partial charge in [0.1, 0.15) is 0 Å². The third-order valence-electron chi connectivity index (χ3n) is 24.0. The van der Waals surface area contributed by atoms with Gasteiger partial charge in [0.15, 0.2) is 0 Å². The number of hydrogen-bond donors (Lipinski definition) is 0. The van der Waals surface area contributed by atoms with Gasteiger partial charge < -0.3 is 29.6 Å². The molecule has 0 aromatic heterocycles. The van der Waals surface area contributed by atoms with Gasteiger partial charge in [-0.05, 0) is 90.6 Å². The smallest absolute Gasteiger partial charge is 0.550 e. The summed E-state index contributed by atoms with van der Waals surface area (Å²) in [5.41, 5.74) is 0. The van der Waals surface area contributed by atoms with Gasteiger partial charge in [0, 0.05) is 11.9 Å². The summed E-state index contributed by atoms with van der Waals surface area (Å²) in [7, 11) is 0. The number of rotatable bonds is 96. The van der Waals surface area contributed by atoms with E-state index in [1.807, 2.05) is 0 Å². The molecule has 7 heteroatoms. The Morgan fingerprint density at radius 3 is 0.327 bits per heavy atom. The van der Waals surface area contributed by atoms with E-state index in [0.29, 0.717) is 0 Å². The van der Waals surface area contributed by atoms with Crippen LogP contribution in [0, 0.1) is 0 Å². The van der Waals surface area contributed by atoms with Crippen LogP contribution in [0.2, 0.25) is 0 Å². The Kier molecular flexibility index (Phi) is 108. The molecule has 0 aromatic carbocycles. The average molecular weight is 1530 g/mol. The molecule has 0 aliphatic heterocycles. The van der Waals surface area contributed by atoms with Crippen molar-refractivity contribution in [3.05, 3.63) is 0 Å². The molecule has 6 nitrogen and oxygen atoms in total. The van der Waals surface area contributed by atoms with Gasteiger partial charge >= 0.3 is 37.7 Å². The number of nitrogens with zero attached hydrogens (tertiary/aromatic N) is 2. The van der Waals surface area contributed by atoms with Crippen molar-refractivity contribution in [1.29, 1.82) is 0 Å². The SMILES string of the molecule is CCCCCCCCCCCCCCCCCCCCCCCN(CCCCCCCCCCCCCCCCCCCCCCC)CCCC(=O)[O-].CCCCCCCCCCCCCCCCCCCCCCCN(CCCCCCCCCCCCCCCCCCCCCCC)CCCC(=O)[O-].[Ca+2]. The molecule has 0 fully saturated rings. The summed E-state index contributed by atoms with van der Waals surface area (Å²) in [6.07, 6.45) is 122. The van der Waals surface area contributed by atoms with Crippen LogP contribution >= 0.6 is 0 Å². The fourth-order valence-corrected chi connectivity index (χ4v) is 16.6. The maximum atomic E-state index is 11.0. The number of hydrogen-bond acceptors (Lipinski definition) is 6. The maximum Gasteiger partial charge on any atom is 2.00 e. The maximum absolute atomic E-state index is 11.0. The number of carbonyl (C=O) groups is 2. The summed E-state index contributed by atoms with van der Waals surface area (Å²) in [6, 6.07) is 0. The average Bonchev–Trinajstić information content (AvgIpc) is 2.79. The summed E-state index contributed by atoms with van der Waals surface area (Å²) in [4.78, 5) is 27.0. The standard InChI is InChI=1S/2C50H101NO2.Ca/c2*1-3-5-7-9-11-13-15-17-19-21-23-25-27-29-31-33-35-37-39-41-43-47-51(49-45-46-50(52)53)48-44-42-40-38-36-34-32-30-28-26-24-22-20-18-16-14-12-10-8-6-4-2;/h2*3-49H2,1-2H3,(H,52,53);/q;;+2/p-2. The molecule has 0 bridgehead atoms. The van der Waals surface area contributed by atoms with Crippen molar-refractivity contribution in [3.8, 4) is 0 Å². The predicted molar refractivity (Wildman–Crippen MR) is 478 cm³/mol. The van der Waals surface area contributed by atoms with E-state index in [9.17, 15) is 19.8 Å². The molecule has 636 valence electrons. The molecule has 0 saturated heterocycles. The number of carbonyl (C=O) groups excluding carboxylic acids is 2. The van der Waals surface area contributed by atoms with Gasteiger partial charge in [-0.1, -0.05) is 541 Å². The van der Waals surface area contributed by atoms with E-state index < -0.39 is 11.9 Å². The van der Waals surface area contributed by atoms with Crippen LogP contribution in [0.25, 0.3) is 0 Å². The van der Waals surface area contributed by atoms with E-state index in [2.05, 4.69) is 37.5 Å². The van der Waals surface area contributed by atoms with Crippen molar-refractivity contribution in [2.75, 3.05) is 39.3 Å². The van der Waals surface area contributed by atoms with Gasteiger partial charge in [-0.3, -0.25) is 0 Å². The molecule has 0 rings (SSSR count). The van der Waals surface area contributed by atoms with Crippen molar-refractivity contribution in [2.24, 2.45) is 0 Å². The Hall–Kier alpha value is 0.120. The van der Waals surface area contributed by atoms with Crippen LogP contribution in [-0.4, -0.2) is 98.7 Å². The summed E-state index contributed by atoms with van der Waals surface area (Å²) >= 11 is 0. The second-order valence-electron chi connectivity index (χ2n) is 34.9. The molecule has 0 saturated carbocycles. The molecule has 0 heterocycles. The van der Waals surface area contributed by atoms with Crippen LogP contribution in [-0.2, 0) is 9.59 Å². The van der Waals surface area contributed by atoms with Crippen molar-refractivity contribution in [3.63, 3.8) is 0 Å². The van der Waals surface area contributed by atoms with E-state index in [1.165, 1.54) is 539 Å². The van der Waals surface area contributed by atoms with Gasteiger partial charge in [0.25, 0.3) is 0 Å². The van der Waals surface area contributed by atoms with Gasteiger partial charge in [-0.15, -0.1) is 0 Å². The summed E-state index contributed by atoms with van der Waals surface area (Å²) in [5, 5.41) is 21.9. The van der Waals surface area contributed by atoms with E-state index in [0.717, 1.165) is 52.1 Å². The van der Waals surface area contributed by atoms with Crippen LogP contribution in [0.15, 0.2) is 0 Å². The molecule has 0 radical (unpaired) electrons. The van der Waals surface area contributed by atoms with Crippen LogP contribution in [0.1, 0.15) is 593 Å². The topological polar surface area (TPSA) is 86.7 Å². The third kappa shape index (κ3) is 106. The van der Waals surface area contributed by atoms with E-state index in [1.54, 1.807) is 0 Å². The first-order chi connectivity index (χ1) is 52.4. The van der Waals surface area contributed by atoms with Gasteiger partial charge in [-0.2, -0.15) is 0 Å². The summed E-state index contributed by atoms with van der Waals surface area (Å²) in [5.74, 6) is -1.79. The molecular weight excluding hydrogens is 1330 g/mol. The number of aliphatic carboxylic acids is 2. The van der Waals surface area contributed by atoms with Crippen molar-refractivity contribution in [1.82, 2.24) is 9.80 Å². The Morgan fingerprint density at radius 2 is 0.234 bits per heavy atom. The van der Waals surface area contributed by atoms with Crippen LogP contribution in [0.5, 0.6) is 0 Å². The molecule has 0 aliphatic carbocycles. The second kappa shape index (κ2) is 104. The first-order valence-electron chi connectivity index (χ1n) is 50.2. The second-order valence-corrected chi connectivity index (χ2v) is 34.9. The van der Waals surface area contributed by atoms with Gasteiger partial charge in [-0.25, -0.2) is 0 Å². The first-order valence-corrected chi connectivity index (χ1v) is 50.2. The number of carboxylic acids is 2. The summed E-state index contributed by atoms with van der Waals surface area (Å²) in [6.45, 7) is 15.6. The Bertz CT molecular complexity index is 1360. The Labute approximate surface area is 705 Å². The molecule has 0 spiro atoms. The van der Waals surface area contributed by atoms with Crippen molar-refractivity contribution < 1.29 is 19.8 Å². The normalized spacial score (nSPS) is 11.6. The largest absolute Gasteiger partial charge is 2.00 e. The van der Waals surface area contributed by atoms with Crippen molar-refractivity contribution in [2.45, 2.75) is 593 Å². The number of unbranched alkanes of at least 4 members (excludes halogenated alkanes) is 80. The minimum atomic E-state index is -0.895. The van der Waals surface area contributed by atoms with Crippen LogP contribution < -0.4 is 10.2 Å². The van der Waals surface area contributed by atoms with Gasteiger partial charge in [0.05, 0.1) is 0 Å².